The van der Waals surface area contributed by atoms with E-state index in [-0.39, 0.29) is 5.91 Å². The van der Waals surface area contributed by atoms with Gasteiger partial charge in [0.15, 0.2) is 0 Å². The van der Waals surface area contributed by atoms with Gasteiger partial charge in [0.1, 0.15) is 0 Å². The molecule has 0 bridgehead atoms. The SMILES string of the molecule is CCN(CCCNC(=O)CCCCl)S(C)(=O)=O. The molecule has 0 unspecified atom stereocenters. The standard InChI is InChI=1S/C10H21ClN2O3S/c1-3-13(17(2,15)16)9-5-8-12-10(14)6-4-7-11/h3-9H2,1-2H3,(H,12,14). The summed E-state index contributed by atoms with van der Waals surface area (Å²) >= 11 is 5.46. The Bertz CT molecular complexity index is 320. The quantitative estimate of drug-likeness (QED) is 0.503. The molecule has 0 atom stereocenters. The van der Waals surface area contributed by atoms with Crippen LogP contribution in [-0.2, 0) is 14.8 Å². The van der Waals surface area contributed by atoms with Crippen molar-refractivity contribution in [2.24, 2.45) is 0 Å². The van der Waals surface area contributed by atoms with Gasteiger partial charge < -0.3 is 5.32 Å². The Kier molecular flexibility index (Phi) is 8.55. The molecule has 1 amide bonds. The van der Waals surface area contributed by atoms with Crippen molar-refractivity contribution in [1.82, 2.24) is 9.62 Å². The smallest absolute Gasteiger partial charge is 0.220 e. The molecule has 0 fully saturated rings. The number of carbonyl (C=O) groups excluding carboxylic acids is 1. The summed E-state index contributed by atoms with van der Waals surface area (Å²) in [5.74, 6) is 0.443. The Morgan fingerprint density at radius 1 is 1.35 bits per heavy atom. The number of nitrogens with one attached hydrogen (secondary N) is 1. The summed E-state index contributed by atoms with van der Waals surface area (Å²) in [5.41, 5.74) is 0. The zero-order valence-electron chi connectivity index (χ0n) is 10.4. The second kappa shape index (κ2) is 8.72. The Morgan fingerprint density at radius 2 is 2.00 bits per heavy atom. The molecule has 1 N–H and O–H groups in total. The fourth-order valence-electron chi connectivity index (χ4n) is 1.36. The molecule has 0 saturated carbocycles. The minimum Gasteiger partial charge on any atom is -0.356 e. The molecule has 5 nitrogen and oxygen atoms in total. The molecule has 0 aromatic rings. The van der Waals surface area contributed by atoms with Crippen LogP contribution in [0.4, 0.5) is 0 Å². The summed E-state index contributed by atoms with van der Waals surface area (Å²) in [6, 6.07) is 0. The molecule has 17 heavy (non-hydrogen) atoms. The van der Waals surface area contributed by atoms with Gasteiger partial charge in [-0.15, -0.1) is 11.6 Å². The van der Waals surface area contributed by atoms with Gasteiger partial charge >= 0.3 is 0 Å². The number of rotatable bonds is 9. The maximum absolute atomic E-state index is 11.3. The third kappa shape index (κ3) is 8.40. The fourth-order valence-corrected chi connectivity index (χ4v) is 2.42. The van der Waals surface area contributed by atoms with E-state index in [4.69, 9.17) is 11.6 Å². The van der Waals surface area contributed by atoms with Crippen LogP contribution in [0.5, 0.6) is 0 Å². The highest BCUT2D eigenvalue weighted by Gasteiger charge is 2.13. The maximum Gasteiger partial charge on any atom is 0.220 e. The highest BCUT2D eigenvalue weighted by atomic mass is 35.5. The van der Waals surface area contributed by atoms with Gasteiger partial charge in [-0.2, -0.15) is 0 Å². The van der Waals surface area contributed by atoms with Gasteiger partial charge in [-0.25, -0.2) is 12.7 Å². The molecule has 0 spiro atoms. The molecule has 0 rings (SSSR count). The molecule has 0 radical (unpaired) electrons. The first-order valence-electron chi connectivity index (χ1n) is 5.69. The summed E-state index contributed by atoms with van der Waals surface area (Å²) in [7, 11) is -3.13. The van der Waals surface area contributed by atoms with Crippen LogP contribution in [0.3, 0.4) is 0 Å². The predicted octanol–water partition coefficient (Wildman–Crippen LogP) is 0.793. The zero-order valence-corrected chi connectivity index (χ0v) is 12.0. The Balaban J connectivity index is 3.73. The van der Waals surface area contributed by atoms with Crippen LogP contribution < -0.4 is 5.32 Å². The number of amides is 1. The van der Waals surface area contributed by atoms with Crippen LogP contribution in [0, 0.1) is 0 Å². The summed E-state index contributed by atoms with van der Waals surface area (Å²) in [4.78, 5) is 11.2. The molecule has 0 aliphatic carbocycles. The molecule has 0 heterocycles. The number of sulfonamides is 1. The average Bonchev–Trinajstić information content (AvgIpc) is 2.24. The molecule has 0 saturated heterocycles. The lowest BCUT2D eigenvalue weighted by atomic mass is 10.3. The van der Waals surface area contributed by atoms with E-state index in [1.165, 1.54) is 10.6 Å². The van der Waals surface area contributed by atoms with Crippen LogP contribution in [-0.4, -0.2) is 50.4 Å². The van der Waals surface area contributed by atoms with E-state index in [1.54, 1.807) is 6.92 Å². The number of halogens is 1. The Hall–Kier alpha value is -0.330. The minimum absolute atomic E-state index is 0.0342. The number of hydrogen-bond donors (Lipinski definition) is 1. The van der Waals surface area contributed by atoms with Crippen LogP contribution in [0.2, 0.25) is 0 Å². The van der Waals surface area contributed by atoms with E-state index >= 15 is 0 Å². The molecule has 102 valence electrons. The van der Waals surface area contributed by atoms with Crippen LogP contribution >= 0.6 is 11.6 Å². The lowest BCUT2D eigenvalue weighted by Gasteiger charge is -2.17. The summed E-state index contributed by atoms with van der Waals surface area (Å²) < 4.78 is 23.9. The first-order valence-corrected chi connectivity index (χ1v) is 8.08. The van der Waals surface area contributed by atoms with Crippen molar-refractivity contribution in [2.45, 2.75) is 26.2 Å². The van der Waals surface area contributed by atoms with Crippen molar-refractivity contribution in [3.63, 3.8) is 0 Å². The van der Waals surface area contributed by atoms with E-state index in [2.05, 4.69) is 5.32 Å². The first kappa shape index (κ1) is 16.7. The normalized spacial score (nSPS) is 11.8. The summed E-state index contributed by atoms with van der Waals surface area (Å²) in [5, 5.41) is 2.73. The van der Waals surface area contributed by atoms with Gasteiger partial charge in [0.05, 0.1) is 6.26 Å². The molecular formula is C10H21ClN2O3S. The molecule has 7 heteroatoms. The van der Waals surface area contributed by atoms with Crippen molar-refractivity contribution in [1.29, 1.82) is 0 Å². The van der Waals surface area contributed by atoms with Crippen LogP contribution in [0.15, 0.2) is 0 Å². The van der Waals surface area contributed by atoms with Crippen molar-refractivity contribution in [3.05, 3.63) is 0 Å². The predicted molar refractivity (Wildman–Crippen MR) is 69.7 cm³/mol. The zero-order chi connectivity index (χ0) is 13.3. The number of hydrogen-bond acceptors (Lipinski definition) is 3. The highest BCUT2D eigenvalue weighted by Crippen LogP contribution is 1.98. The van der Waals surface area contributed by atoms with E-state index in [0.717, 1.165) is 0 Å². The van der Waals surface area contributed by atoms with Gasteiger partial charge in [-0.05, 0) is 12.8 Å². The fraction of sp³-hybridized carbons (Fsp3) is 0.900. The lowest BCUT2D eigenvalue weighted by molar-refractivity contribution is -0.121. The number of carbonyl (C=O) groups is 1. The van der Waals surface area contributed by atoms with Crippen molar-refractivity contribution in [2.75, 3.05) is 31.8 Å². The maximum atomic E-state index is 11.3. The second-order valence-corrected chi connectivity index (χ2v) is 6.11. The Morgan fingerprint density at radius 3 is 2.47 bits per heavy atom. The van der Waals surface area contributed by atoms with Gasteiger partial charge in [0.25, 0.3) is 0 Å². The molecule has 0 aromatic carbocycles. The van der Waals surface area contributed by atoms with Gasteiger partial charge in [0.2, 0.25) is 15.9 Å². The molecular weight excluding hydrogens is 264 g/mol. The highest BCUT2D eigenvalue weighted by molar-refractivity contribution is 7.88. The largest absolute Gasteiger partial charge is 0.356 e. The van der Waals surface area contributed by atoms with E-state index < -0.39 is 10.0 Å². The van der Waals surface area contributed by atoms with Gasteiger partial charge in [0, 0.05) is 31.9 Å². The van der Waals surface area contributed by atoms with E-state index in [1.807, 2.05) is 0 Å². The average molecular weight is 285 g/mol. The lowest BCUT2D eigenvalue weighted by Crippen LogP contribution is -2.33. The number of alkyl halides is 1. The van der Waals surface area contributed by atoms with Crippen molar-refractivity contribution in [3.8, 4) is 0 Å². The third-order valence-corrected chi connectivity index (χ3v) is 3.91. The van der Waals surface area contributed by atoms with Crippen molar-refractivity contribution < 1.29 is 13.2 Å². The van der Waals surface area contributed by atoms with Gasteiger partial charge in [-0.3, -0.25) is 4.79 Å². The minimum atomic E-state index is -3.13. The monoisotopic (exact) mass is 284 g/mol. The summed E-state index contributed by atoms with van der Waals surface area (Å²) in [6.07, 6.45) is 2.90. The van der Waals surface area contributed by atoms with Crippen LogP contribution in [0.25, 0.3) is 0 Å². The third-order valence-electron chi connectivity index (χ3n) is 2.27. The molecule has 0 aliphatic rings. The first-order chi connectivity index (χ1) is 7.91. The topological polar surface area (TPSA) is 66.5 Å². The van der Waals surface area contributed by atoms with Crippen molar-refractivity contribution >= 4 is 27.5 Å². The number of nitrogens with zero attached hydrogens (tertiary/aromatic N) is 1. The second-order valence-electron chi connectivity index (χ2n) is 3.75. The molecule has 0 aromatic heterocycles. The Labute approximate surface area is 109 Å². The van der Waals surface area contributed by atoms with E-state index in [9.17, 15) is 13.2 Å². The molecule has 0 aliphatic heterocycles. The summed E-state index contributed by atoms with van der Waals surface area (Å²) in [6.45, 7) is 3.18. The van der Waals surface area contributed by atoms with E-state index in [0.29, 0.717) is 44.8 Å². The van der Waals surface area contributed by atoms with Crippen LogP contribution in [0.1, 0.15) is 26.2 Å². The van der Waals surface area contributed by atoms with Gasteiger partial charge in [-0.1, -0.05) is 6.92 Å².